The lowest BCUT2D eigenvalue weighted by Gasteiger charge is -2.27. The van der Waals surface area contributed by atoms with Gasteiger partial charge in [-0.25, -0.2) is 4.98 Å². The number of aryl methyl sites for hydroxylation is 1. The SMILES string of the molecule is C#CCCC1(CCNC(=O)[C@H]2CC(=O)N(CCOC)[C@@H]2c2nccn2C)N=N1. The lowest BCUT2D eigenvalue weighted by Crippen LogP contribution is -2.39. The number of methoxy groups -OCH3 is 1. The molecule has 2 aliphatic heterocycles. The summed E-state index contributed by atoms with van der Waals surface area (Å²) in [6.07, 6.45) is 10.9. The van der Waals surface area contributed by atoms with Crippen molar-refractivity contribution < 1.29 is 14.3 Å². The number of aromatic nitrogens is 2. The predicted molar refractivity (Wildman–Crippen MR) is 101 cm³/mol. The molecule has 1 N–H and O–H groups in total. The second-order valence-corrected chi connectivity index (χ2v) is 7.16. The minimum absolute atomic E-state index is 0.0668. The molecule has 0 aliphatic carbocycles. The third-order valence-corrected chi connectivity index (χ3v) is 5.31. The smallest absolute Gasteiger partial charge is 0.226 e. The van der Waals surface area contributed by atoms with Gasteiger partial charge in [-0.15, -0.1) is 12.3 Å². The van der Waals surface area contributed by atoms with Gasteiger partial charge in [0.15, 0.2) is 5.66 Å². The monoisotopic (exact) mass is 386 g/mol. The van der Waals surface area contributed by atoms with Gasteiger partial charge >= 0.3 is 0 Å². The zero-order chi connectivity index (χ0) is 20.1. The molecule has 1 fully saturated rings. The highest BCUT2D eigenvalue weighted by atomic mass is 16.5. The molecule has 3 heterocycles. The number of carbonyl (C=O) groups is 2. The van der Waals surface area contributed by atoms with E-state index in [-0.39, 0.29) is 18.2 Å². The topological polar surface area (TPSA) is 101 Å². The van der Waals surface area contributed by atoms with Crippen LogP contribution in [0.1, 0.15) is 37.5 Å². The summed E-state index contributed by atoms with van der Waals surface area (Å²) in [6, 6.07) is -0.409. The van der Waals surface area contributed by atoms with Gasteiger partial charge < -0.3 is 19.5 Å². The fourth-order valence-electron chi connectivity index (χ4n) is 3.65. The molecule has 1 aromatic heterocycles. The van der Waals surface area contributed by atoms with E-state index >= 15 is 0 Å². The van der Waals surface area contributed by atoms with Crippen LogP contribution < -0.4 is 5.32 Å². The third-order valence-electron chi connectivity index (χ3n) is 5.31. The molecule has 3 rings (SSSR count). The summed E-state index contributed by atoms with van der Waals surface area (Å²) in [5, 5.41) is 11.1. The molecule has 2 aliphatic rings. The van der Waals surface area contributed by atoms with E-state index in [1.54, 1.807) is 18.2 Å². The maximum absolute atomic E-state index is 12.9. The van der Waals surface area contributed by atoms with Crippen LogP contribution in [0.2, 0.25) is 0 Å². The Bertz CT molecular complexity index is 790. The summed E-state index contributed by atoms with van der Waals surface area (Å²) < 4.78 is 6.98. The van der Waals surface area contributed by atoms with Crippen molar-refractivity contribution in [1.82, 2.24) is 19.8 Å². The average Bonchev–Trinajstić information content (AvgIpc) is 3.20. The van der Waals surface area contributed by atoms with Crippen LogP contribution in [0.4, 0.5) is 0 Å². The van der Waals surface area contributed by atoms with Crippen LogP contribution in [0.15, 0.2) is 22.6 Å². The summed E-state index contributed by atoms with van der Waals surface area (Å²) in [6.45, 7) is 1.26. The number of nitrogens with one attached hydrogen (secondary N) is 1. The molecule has 0 spiro atoms. The molecule has 2 atom stereocenters. The first-order valence-electron chi connectivity index (χ1n) is 9.42. The van der Waals surface area contributed by atoms with Gasteiger partial charge in [0.25, 0.3) is 0 Å². The fraction of sp³-hybridized carbons (Fsp3) is 0.632. The number of likely N-dealkylation sites (tertiary alicyclic amines) is 1. The minimum atomic E-state index is -0.500. The molecule has 0 bridgehead atoms. The lowest BCUT2D eigenvalue weighted by molar-refractivity contribution is -0.129. The number of amides is 2. The molecular formula is C19H26N6O3. The molecule has 150 valence electrons. The van der Waals surface area contributed by atoms with Crippen LogP contribution in [-0.4, -0.2) is 58.7 Å². The number of nitrogens with zero attached hydrogens (tertiary/aromatic N) is 5. The summed E-state index contributed by atoms with van der Waals surface area (Å²) in [5.41, 5.74) is -0.436. The molecule has 9 heteroatoms. The van der Waals surface area contributed by atoms with Gasteiger partial charge in [-0.1, -0.05) is 0 Å². The quantitative estimate of drug-likeness (QED) is 0.607. The van der Waals surface area contributed by atoms with E-state index in [2.05, 4.69) is 26.4 Å². The third kappa shape index (κ3) is 4.22. The maximum atomic E-state index is 12.9. The molecule has 9 nitrogen and oxygen atoms in total. The van der Waals surface area contributed by atoms with E-state index in [9.17, 15) is 9.59 Å². The summed E-state index contributed by atoms with van der Waals surface area (Å²) in [7, 11) is 3.45. The van der Waals surface area contributed by atoms with Crippen molar-refractivity contribution in [3.8, 4) is 12.3 Å². The van der Waals surface area contributed by atoms with Crippen molar-refractivity contribution in [2.24, 2.45) is 23.2 Å². The first kappa shape index (κ1) is 20.0. The number of terminal acetylenes is 1. The number of hydrogen-bond acceptors (Lipinski definition) is 6. The van der Waals surface area contributed by atoms with Crippen LogP contribution in [0.3, 0.4) is 0 Å². The van der Waals surface area contributed by atoms with Gasteiger partial charge in [0, 0.05) is 65.3 Å². The van der Waals surface area contributed by atoms with Crippen molar-refractivity contribution in [2.45, 2.75) is 37.4 Å². The van der Waals surface area contributed by atoms with E-state index in [1.807, 2.05) is 17.8 Å². The van der Waals surface area contributed by atoms with E-state index in [0.29, 0.717) is 44.8 Å². The van der Waals surface area contributed by atoms with Gasteiger partial charge in [-0.3, -0.25) is 9.59 Å². The molecule has 0 aromatic carbocycles. The maximum Gasteiger partial charge on any atom is 0.226 e. The summed E-state index contributed by atoms with van der Waals surface area (Å²) >= 11 is 0. The summed E-state index contributed by atoms with van der Waals surface area (Å²) in [4.78, 5) is 31.5. The highest BCUT2D eigenvalue weighted by Crippen LogP contribution is 2.38. The lowest BCUT2D eigenvalue weighted by atomic mass is 9.98. The Morgan fingerprint density at radius 1 is 1.46 bits per heavy atom. The van der Waals surface area contributed by atoms with Gasteiger partial charge in [0.05, 0.1) is 12.5 Å². The minimum Gasteiger partial charge on any atom is -0.383 e. The largest absolute Gasteiger partial charge is 0.383 e. The van der Waals surface area contributed by atoms with Gasteiger partial charge in [-0.2, -0.15) is 10.2 Å². The second kappa shape index (κ2) is 8.52. The van der Waals surface area contributed by atoms with Crippen molar-refractivity contribution in [3.63, 3.8) is 0 Å². The van der Waals surface area contributed by atoms with E-state index < -0.39 is 17.6 Å². The molecule has 1 aromatic rings. The Morgan fingerprint density at radius 3 is 2.86 bits per heavy atom. The van der Waals surface area contributed by atoms with Crippen molar-refractivity contribution in [1.29, 1.82) is 0 Å². The van der Waals surface area contributed by atoms with Crippen LogP contribution in [0.5, 0.6) is 0 Å². The van der Waals surface area contributed by atoms with E-state index in [0.717, 1.165) is 0 Å². The Balaban J connectivity index is 1.65. The molecular weight excluding hydrogens is 360 g/mol. The first-order chi connectivity index (χ1) is 13.5. The Labute approximate surface area is 164 Å². The number of imidazole rings is 1. The normalized spacial score (nSPS) is 22.3. The number of carbonyl (C=O) groups excluding carboxylic acids is 2. The molecule has 28 heavy (non-hydrogen) atoms. The van der Waals surface area contributed by atoms with Gasteiger partial charge in [0.2, 0.25) is 11.8 Å². The van der Waals surface area contributed by atoms with Crippen molar-refractivity contribution >= 4 is 11.8 Å². The van der Waals surface area contributed by atoms with E-state index in [1.165, 1.54) is 0 Å². The molecule has 0 unspecified atom stereocenters. The zero-order valence-electron chi connectivity index (χ0n) is 16.3. The van der Waals surface area contributed by atoms with Crippen molar-refractivity contribution in [2.75, 3.05) is 26.8 Å². The fourth-order valence-corrected chi connectivity index (χ4v) is 3.65. The molecule has 1 saturated heterocycles. The van der Waals surface area contributed by atoms with Crippen LogP contribution >= 0.6 is 0 Å². The summed E-state index contributed by atoms with van der Waals surface area (Å²) in [5.74, 6) is 2.56. The standard InChI is InChI=1S/C19H26N6O3/c1-4-5-6-19(22-23-19)7-8-21-18(27)14-13-15(26)25(11-12-28-3)16(14)17-20-9-10-24(17)2/h1,9-10,14,16H,5-8,11-13H2,2-3H3,(H,21,27)/t14-,16-/m0/s1. The molecule has 0 radical (unpaired) electrons. The Hall–Kier alpha value is -2.73. The van der Waals surface area contributed by atoms with Gasteiger partial charge in [-0.05, 0) is 0 Å². The zero-order valence-corrected chi connectivity index (χ0v) is 16.3. The Morgan fingerprint density at radius 2 is 2.25 bits per heavy atom. The Kier molecular flexibility index (Phi) is 6.09. The second-order valence-electron chi connectivity index (χ2n) is 7.16. The highest BCUT2D eigenvalue weighted by molar-refractivity contribution is 5.90. The predicted octanol–water partition coefficient (Wildman–Crippen LogP) is 1.04. The molecule has 0 saturated carbocycles. The highest BCUT2D eigenvalue weighted by Gasteiger charge is 2.46. The number of ether oxygens (including phenoxy) is 1. The number of rotatable bonds is 10. The van der Waals surface area contributed by atoms with E-state index in [4.69, 9.17) is 11.2 Å². The number of hydrogen-bond donors (Lipinski definition) is 1. The van der Waals surface area contributed by atoms with Crippen LogP contribution in [0, 0.1) is 18.3 Å². The van der Waals surface area contributed by atoms with Crippen LogP contribution in [0.25, 0.3) is 0 Å². The van der Waals surface area contributed by atoms with Gasteiger partial charge in [0.1, 0.15) is 11.9 Å². The molecule has 2 amide bonds. The average molecular weight is 386 g/mol. The van der Waals surface area contributed by atoms with Crippen LogP contribution in [-0.2, 0) is 21.4 Å². The van der Waals surface area contributed by atoms with Crippen molar-refractivity contribution in [3.05, 3.63) is 18.2 Å². The first-order valence-corrected chi connectivity index (χ1v) is 9.42.